The molecule has 2 atom stereocenters. The monoisotopic (exact) mass is 321 g/mol. The Morgan fingerprint density at radius 2 is 1.43 bits per heavy atom. The Morgan fingerprint density at radius 3 is 1.83 bits per heavy atom. The molecule has 4 fully saturated rings. The molecule has 0 aromatic heterocycles. The highest BCUT2D eigenvalue weighted by molar-refractivity contribution is 5.87. The van der Waals surface area contributed by atoms with Crippen LogP contribution in [0.4, 0.5) is 4.79 Å². The normalized spacial score (nSPS) is 37.5. The van der Waals surface area contributed by atoms with Crippen molar-refractivity contribution in [2.45, 2.75) is 71.4 Å². The minimum Gasteiger partial charge on any atom is -0.352 e. The third-order valence-electron chi connectivity index (χ3n) is 6.61. The first-order valence-corrected chi connectivity index (χ1v) is 9.15. The second-order valence-electron chi connectivity index (χ2n) is 8.74. The molecule has 0 heterocycles. The highest BCUT2D eigenvalue weighted by atomic mass is 16.2. The van der Waals surface area contributed by atoms with E-state index < -0.39 is 12.1 Å². The van der Waals surface area contributed by atoms with Crippen LogP contribution in [-0.4, -0.2) is 24.0 Å². The molecule has 0 saturated heterocycles. The van der Waals surface area contributed by atoms with Crippen molar-refractivity contribution < 1.29 is 9.59 Å². The van der Waals surface area contributed by atoms with Gasteiger partial charge in [0.05, 0.1) is 0 Å². The van der Waals surface area contributed by atoms with Gasteiger partial charge < -0.3 is 16.4 Å². The molecule has 0 aliphatic heterocycles. The number of urea groups is 1. The van der Waals surface area contributed by atoms with Crippen LogP contribution in [-0.2, 0) is 4.79 Å². The minimum absolute atomic E-state index is 0.0195. The van der Waals surface area contributed by atoms with Crippen molar-refractivity contribution in [3.05, 3.63) is 0 Å². The molecule has 130 valence electrons. The van der Waals surface area contributed by atoms with Gasteiger partial charge in [-0.3, -0.25) is 4.79 Å². The van der Waals surface area contributed by atoms with E-state index in [1.165, 1.54) is 38.5 Å². The van der Waals surface area contributed by atoms with Crippen LogP contribution in [0.25, 0.3) is 0 Å². The van der Waals surface area contributed by atoms with Gasteiger partial charge in [0.25, 0.3) is 0 Å². The molecule has 4 rings (SSSR count). The number of carbonyl (C=O) groups excluding carboxylic acids is 2. The smallest absolute Gasteiger partial charge is 0.312 e. The van der Waals surface area contributed by atoms with Crippen LogP contribution in [0.3, 0.4) is 0 Å². The minimum atomic E-state index is -0.638. The lowest BCUT2D eigenvalue weighted by atomic mass is 9.48. The van der Waals surface area contributed by atoms with Gasteiger partial charge in [-0.05, 0) is 74.5 Å². The lowest BCUT2D eigenvalue weighted by Crippen LogP contribution is -2.59. The molecule has 0 unspecified atom stereocenters. The maximum atomic E-state index is 12.6. The van der Waals surface area contributed by atoms with Gasteiger partial charge in [0.2, 0.25) is 5.91 Å². The van der Waals surface area contributed by atoms with Crippen LogP contribution in [0.15, 0.2) is 0 Å². The molecule has 23 heavy (non-hydrogen) atoms. The maximum Gasteiger partial charge on any atom is 0.312 e. The zero-order valence-electron chi connectivity index (χ0n) is 14.6. The first-order valence-electron chi connectivity index (χ1n) is 9.15. The van der Waals surface area contributed by atoms with E-state index in [-0.39, 0.29) is 23.3 Å². The summed E-state index contributed by atoms with van der Waals surface area (Å²) in [5.74, 6) is 2.52. The van der Waals surface area contributed by atoms with E-state index in [9.17, 15) is 9.59 Å². The number of hydrogen-bond donors (Lipinski definition) is 3. The van der Waals surface area contributed by atoms with E-state index in [0.29, 0.717) is 0 Å². The molecular formula is C18H31N3O2. The van der Waals surface area contributed by atoms with Crippen molar-refractivity contribution in [1.29, 1.82) is 0 Å². The lowest BCUT2D eigenvalue weighted by Gasteiger charge is -2.59. The Balaban J connectivity index is 1.67. The molecule has 0 spiro atoms. The van der Waals surface area contributed by atoms with E-state index in [1.54, 1.807) is 0 Å². The van der Waals surface area contributed by atoms with Crippen LogP contribution >= 0.6 is 0 Å². The molecule has 4 bridgehead atoms. The number of carbonyl (C=O) groups is 2. The van der Waals surface area contributed by atoms with Crippen LogP contribution in [0.2, 0.25) is 0 Å². The van der Waals surface area contributed by atoms with Gasteiger partial charge in [0.15, 0.2) is 0 Å². The summed E-state index contributed by atoms with van der Waals surface area (Å²) in [6.45, 7) is 6.01. The molecule has 4 aliphatic rings. The third kappa shape index (κ3) is 3.20. The second-order valence-corrected chi connectivity index (χ2v) is 8.74. The standard InChI is InChI=1S/C18H31N3O2/c1-10(2)15(21-17(19)23)16(22)20-11(3)18-7-12-4-13(8-18)6-14(5-12)9-18/h10-15H,4-9H2,1-3H3,(H,20,22)(H3,19,21,23)/t11-,12?,13?,14?,15+,18?/m0/s1. The van der Waals surface area contributed by atoms with Gasteiger partial charge in [-0.2, -0.15) is 0 Å². The molecule has 4 saturated carbocycles. The van der Waals surface area contributed by atoms with E-state index in [0.717, 1.165) is 17.8 Å². The summed E-state index contributed by atoms with van der Waals surface area (Å²) in [6.07, 6.45) is 7.98. The quantitative estimate of drug-likeness (QED) is 0.726. The van der Waals surface area contributed by atoms with E-state index in [4.69, 9.17) is 5.73 Å². The van der Waals surface area contributed by atoms with Gasteiger partial charge in [-0.1, -0.05) is 13.8 Å². The van der Waals surface area contributed by atoms with E-state index in [2.05, 4.69) is 17.6 Å². The summed E-state index contributed by atoms with van der Waals surface area (Å²) in [5, 5.41) is 5.80. The van der Waals surface area contributed by atoms with Gasteiger partial charge in [0.1, 0.15) is 6.04 Å². The number of primary amides is 1. The van der Waals surface area contributed by atoms with Gasteiger partial charge in [0, 0.05) is 6.04 Å². The predicted molar refractivity (Wildman–Crippen MR) is 89.6 cm³/mol. The number of amides is 3. The molecule has 5 heteroatoms. The number of hydrogen-bond acceptors (Lipinski definition) is 2. The highest BCUT2D eigenvalue weighted by Gasteiger charge is 2.53. The predicted octanol–water partition coefficient (Wildman–Crippen LogP) is 2.40. The Labute approximate surface area is 139 Å². The van der Waals surface area contributed by atoms with Crippen LogP contribution < -0.4 is 16.4 Å². The molecule has 4 N–H and O–H groups in total. The van der Waals surface area contributed by atoms with Crippen molar-refractivity contribution in [3.8, 4) is 0 Å². The maximum absolute atomic E-state index is 12.6. The number of rotatable bonds is 5. The highest BCUT2D eigenvalue weighted by Crippen LogP contribution is 2.61. The summed E-state index contributed by atoms with van der Waals surface area (Å²) in [4.78, 5) is 23.8. The van der Waals surface area contributed by atoms with Gasteiger partial charge in [-0.25, -0.2) is 4.79 Å². The van der Waals surface area contributed by atoms with Crippen LogP contribution in [0.1, 0.15) is 59.3 Å². The molecule has 0 aromatic carbocycles. The van der Waals surface area contributed by atoms with Crippen LogP contribution in [0.5, 0.6) is 0 Å². The first kappa shape index (κ1) is 16.6. The van der Waals surface area contributed by atoms with Gasteiger partial charge >= 0.3 is 6.03 Å². The Bertz CT molecular complexity index is 453. The van der Waals surface area contributed by atoms with E-state index in [1.807, 2.05) is 13.8 Å². The van der Waals surface area contributed by atoms with Crippen molar-refractivity contribution in [3.63, 3.8) is 0 Å². The first-order chi connectivity index (χ1) is 10.8. The summed E-state index contributed by atoms with van der Waals surface area (Å²) < 4.78 is 0. The topological polar surface area (TPSA) is 84.2 Å². The Kier molecular flexibility index (Phi) is 4.32. The molecule has 0 aromatic rings. The fraction of sp³-hybridized carbons (Fsp3) is 0.889. The fourth-order valence-corrected chi connectivity index (χ4v) is 5.85. The lowest BCUT2D eigenvalue weighted by molar-refractivity contribution is -0.128. The number of nitrogens with one attached hydrogen (secondary N) is 2. The summed E-state index contributed by atoms with van der Waals surface area (Å²) in [7, 11) is 0. The van der Waals surface area contributed by atoms with E-state index >= 15 is 0 Å². The van der Waals surface area contributed by atoms with Crippen molar-refractivity contribution >= 4 is 11.9 Å². The Morgan fingerprint density at radius 1 is 0.957 bits per heavy atom. The molecular weight excluding hydrogens is 290 g/mol. The Hall–Kier alpha value is -1.26. The van der Waals surface area contributed by atoms with Crippen LogP contribution in [0, 0.1) is 29.1 Å². The van der Waals surface area contributed by atoms with Crippen molar-refractivity contribution in [1.82, 2.24) is 10.6 Å². The largest absolute Gasteiger partial charge is 0.352 e. The summed E-state index contributed by atoms with van der Waals surface area (Å²) in [5.41, 5.74) is 5.49. The summed E-state index contributed by atoms with van der Waals surface area (Å²) >= 11 is 0. The number of nitrogens with two attached hydrogens (primary N) is 1. The van der Waals surface area contributed by atoms with Crippen molar-refractivity contribution in [2.75, 3.05) is 0 Å². The molecule has 3 amide bonds. The average Bonchev–Trinajstić information content (AvgIpc) is 2.42. The van der Waals surface area contributed by atoms with Gasteiger partial charge in [-0.15, -0.1) is 0 Å². The third-order valence-corrected chi connectivity index (χ3v) is 6.61. The SMILES string of the molecule is CC(C)[C@@H](NC(N)=O)C(=O)N[C@@H](C)C12CC3CC(CC(C3)C1)C2. The second kappa shape index (κ2) is 5.99. The molecule has 0 radical (unpaired) electrons. The van der Waals surface area contributed by atoms with Crippen molar-refractivity contribution in [2.24, 2.45) is 34.8 Å². The zero-order chi connectivity index (χ0) is 16.8. The average molecular weight is 321 g/mol. The molecule has 5 nitrogen and oxygen atoms in total. The fourth-order valence-electron chi connectivity index (χ4n) is 5.85. The zero-order valence-corrected chi connectivity index (χ0v) is 14.6. The summed E-state index contributed by atoms with van der Waals surface area (Å²) in [6, 6.07) is -1.02. The molecule has 4 aliphatic carbocycles.